The number of carbonyl (C=O) groups is 1. The number of hydrogen-bond acceptors (Lipinski definition) is 4. The van der Waals surface area contributed by atoms with Crippen LogP contribution in [0.4, 0.5) is 18.9 Å². The smallest absolute Gasteiger partial charge is 0.416 e. The highest BCUT2D eigenvalue weighted by molar-refractivity contribution is 6.13. The first-order valence-corrected chi connectivity index (χ1v) is 8.61. The van der Waals surface area contributed by atoms with Gasteiger partial charge >= 0.3 is 6.18 Å². The second-order valence-electron chi connectivity index (χ2n) is 6.47. The third-order valence-electron chi connectivity index (χ3n) is 4.43. The van der Waals surface area contributed by atoms with E-state index in [4.69, 9.17) is 4.42 Å². The van der Waals surface area contributed by atoms with Gasteiger partial charge in [0.1, 0.15) is 5.69 Å². The number of hydrogen-bond donors (Lipinski definition) is 1. The molecule has 4 aromatic rings. The Bertz CT molecular complexity index is 1210. The maximum Gasteiger partial charge on any atom is 0.416 e. The number of aryl methyl sites for hydroxylation is 2. The number of amides is 1. The summed E-state index contributed by atoms with van der Waals surface area (Å²) in [5.41, 5.74) is 0.893. The van der Waals surface area contributed by atoms with E-state index in [1.165, 1.54) is 23.1 Å². The van der Waals surface area contributed by atoms with Crippen molar-refractivity contribution in [2.75, 3.05) is 5.32 Å². The number of halogens is 3. The molecular weight excluding hydrogens is 385 g/mol. The molecule has 0 bridgehead atoms. The number of anilines is 1. The standard InChI is InChI=1S/C20H15F3N4O2/c1-11-17-14(19(28)24-13-6-3-5-12(9-13)20(21,22)23)10-15(16-7-4-8-29-16)25-18(17)27(2)26-11/h3-10H,1-2H3,(H,24,28). The van der Waals surface area contributed by atoms with Crippen LogP contribution in [0.5, 0.6) is 0 Å². The molecule has 0 radical (unpaired) electrons. The van der Waals surface area contributed by atoms with Crippen molar-refractivity contribution in [1.82, 2.24) is 14.8 Å². The Morgan fingerprint density at radius 1 is 1.17 bits per heavy atom. The number of nitrogens with one attached hydrogen (secondary N) is 1. The lowest BCUT2D eigenvalue weighted by atomic mass is 10.1. The predicted octanol–water partition coefficient (Wildman–Crippen LogP) is 4.81. The third kappa shape index (κ3) is 3.46. The first kappa shape index (κ1) is 18.7. The van der Waals surface area contributed by atoms with E-state index in [1.807, 2.05) is 0 Å². The number of alkyl halides is 3. The van der Waals surface area contributed by atoms with E-state index in [0.717, 1.165) is 12.1 Å². The van der Waals surface area contributed by atoms with Crippen LogP contribution >= 0.6 is 0 Å². The monoisotopic (exact) mass is 400 g/mol. The molecule has 0 spiro atoms. The lowest BCUT2D eigenvalue weighted by molar-refractivity contribution is -0.137. The minimum atomic E-state index is -4.50. The molecular formula is C20H15F3N4O2. The topological polar surface area (TPSA) is 73.0 Å². The van der Waals surface area contributed by atoms with Gasteiger partial charge in [0.2, 0.25) is 0 Å². The lowest BCUT2D eigenvalue weighted by Gasteiger charge is -2.11. The second-order valence-corrected chi connectivity index (χ2v) is 6.47. The normalized spacial score (nSPS) is 11.8. The van der Waals surface area contributed by atoms with E-state index < -0.39 is 17.6 Å². The molecule has 1 amide bonds. The van der Waals surface area contributed by atoms with Crippen LogP contribution < -0.4 is 5.32 Å². The molecule has 0 aliphatic heterocycles. The Morgan fingerprint density at radius 2 is 1.97 bits per heavy atom. The quantitative estimate of drug-likeness (QED) is 0.536. The van der Waals surface area contributed by atoms with Crippen molar-refractivity contribution in [3.8, 4) is 11.5 Å². The average Bonchev–Trinajstić information content (AvgIpc) is 3.29. The van der Waals surface area contributed by atoms with Gasteiger partial charge in [0, 0.05) is 12.7 Å². The summed E-state index contributed by atoms with van der Waals surface area (Å²) in [6.07, 6.45) is -3.02. The Kier molecular flexibility index (Phi) is 4.37. The summed E-state index contributed by atoms with van der Waals surface area (Å²) >= 11 is 0. The number of benzene rings is 1. The van der Waals surface area contributed by atoms with E-state index in [-0.39, 0.29) is 11.3 Å². The van der Waals surface area contributed by atoms with E-state index in [9.17, 15) is 18.0 Å². The van der Waals surface area contributed by atoms with Gasteiger partial charge in [-0.05, 0) is 43.3 Å². The van der Waals surface area contributed by atoms with Crippen LogP contribution in [0.2, 0.25) is 0 Å². The van der Waals surface area contributed by atoms with Gasteiger partial charge < -0.3 is 9.73 Å². The molecule has 9 heteroatoms. The van der Waals surface area contributed by atoms with Crippen molar-refractivity contribution >= 4 is 22.6 Å². The number of carbonyl (C=O) groups excluding carboxylic acids is 1. The molecule has 148 valence electrons. The van der Waals surface area contributed by atoms with Crippen LogP contribution in [0.25, 0.3) is 22.5 Å². The largest absolute Gasteiger partial charge is 0.463 e. The van der Waals surface area contributed by atoms with E-state index in [2.05, 4.69) is 15.4 Å². The molecule has 6 nitrogen and oxygen atoms in total. The molecule has 0 fully saturated rings. The fourth-order valence-corrected chi connectivity index (χ4v) is 3.15. The van der Waals surface area contributed by atoms with Crippen LogP contribution in [0, 0.1) is 6.92 Å². The van der Waals surface area contributed by atoms with E-state index >= 15 is 0 Å². The highest BCUT2D eigenvalue weighted by Crippen LogP contribution is 2.31. The molecule has 0 aliphatic rings. The number of pyridine rings is 1. The summed E-state index contributed by atoms with van der Waals surface area (Å²) in [5.74, 6) is -0.112. The van der Waals surface area contributed by atoms with Crippen molar-refractivity contribution in [3.63, 3.8) is 0 Å². The Morgan fingerprint density at radius 3 is 2.66 bits per heavy atom. The van der Waals surface area contributed by atoms with Gasteiger partial charge in [0.05, 0.1) is 28.5 Å². The molecule has 29 heavy (non-hydrogen) atoms. The summed E-state index contributed by atoms with van der Waals surface area (Å²) in [4.78, 5) is 17.5. The summed E-state index contributed by atoms with van der Waals surface area (Å²) < 4.78 is 45.8. The fraction of sp³-hybridized carbons (Fsp3) is 0.150. The number of fused-ring (bicyclic) bond motifs is 1. The zero-order valence-corrected chi connectivity index (χ0v) is 15.4. The third-order valence-corrected chi connectivity index (χ3v) is 4.43. The van der Waals surface area contributed by atoms with E-state index in [1.54, 1.807) is 32.2 Å². The van der Waals surface area contributed by atoms with Crippen LogP contribution in [-0.4, -0.2) is 20.7 Å². The molecule has 0 atom stereocenters. The molecule has 3 aromatic heterocycles. The van der Waals surface area contributed by atoms with Crippen LogP contribution in [0.15, 0.2) is 53.1 Å². The molecule has 0 aliphatic carbocycles. The number of rotatable bonds is 3. The second kappa shape index (κ2) is 6.77. The van der Waals surface area contributed by atoms with Crippen LogP contribution in [-0.2, 0) is 13.2 Å². The van der Waals surface area contributed by atoms with Crippen molar-refractivity contribution < 1.29 is 22.4 Å². The van der Waals surface area contributed by atoms with Crippen LogP contribution in [0.1, 0.15) is 21.6 Å². The van der Waals surface area contributed by atoms with E-state index in [0.29, 0.717) is 28.2 Å². The SMILES string of the molecule is Cc1nn(C)c2nc(-c3ccco3)cc(C(=O)Nc3cccc(C(F)(F)F)c3)c12. The molecule has 0 unspecified atom stereocenters. The zero-order valence-electron chi connectivity index (χ0n) is 15.4. The predicted molar refractivity (Wildman–Crippen MR) is 100 cm³/mol. The summed E-state index contributed by atoms with van der Waals surface area (Å²) in [7, 11) is 1.70. The van der Waals surface area contributed by atoms with Crippen molar-refractivity contribution in [2.24, 2.45) is 7.05 Å². The van der Waals surface area contributed by atoms with Gasteiger partial charge in [-0.25, -0.2) is 4.98 Å². The zero-order chi connectivity index (χ0) is 20.8. The maximum absolute atomic E-state index is 13.0. The maximum atomic E-state index is 13.0. The molecule has 1 aromatic carbocycles. The van der Waals surface area contributed by atoms with Crippen LogP contribution in [0.3, 0.4) is 0 Å². The van der Waals surface area contributed by atoms with Crippen molar-refractivity contribution in [1.29, 1.82) is 0 Å². The van der Waals surface area contributed by atoms with Crippen molar-refractivity contribution in [2.45, 2.75) is 13.1 Å². The molecule has 0 saturated heterocycles. The number of furan rings is 1. The fourth-order valence-electron chi connectivity index (χ4n) is 3.15. The van der Waals surface area contributed by atoms with Gasteiger partial charge in [0.25, 0.3) is 5.91 Å². The lowest BCUT2D eigenvalue weighted by Crippen LogP contribution is -2.14. The average molecular weight is 400 g/mol. The first-order chi connectivity index (χ1) is 13.7. The van der Waals surface area contributed by atoms with Gasteiger partial charge in [-0.2, -0.15) is 18.3 Å². The molecule has 4 rings (SSSR count). The molecule has 3 heterocycles. The highest BCUT2D eigenvalue weighted by Gasteiger charge is 2.30. The molecule has 1 N–H and O–H groups in total. The minimum Gasteiger partial charge on any atom is -0.463 e. The number of aromatic nitrogens is 3. The summed E-state index contributed by atoms with van der Waals surface area (Å²) in [6, 6.07) is 9.41. The Hall–Kier alpha value is -3.62. The van der Waals surface area contributed by atoms with Gasteiger partial charge in [-0.1, -0.05) is 6.07 Å². The summed E-state index contributed by atoms with van der Waals surface area (Å²) in [5, 5.41) is 7.36. The highest BCUT2D eigenvalue weighted by atomic mass is 19.4. The van der Waals surface area contributed by atoms with Gasteiger partial charge in [0.15, 0.2) is 11.4 Å². The van der Waals surface area contributed by atoms with Gasteiger partial charge in [-0.3, -0.25) is 9.48 Å². The van der Waals surface area contributed by atoms with Gasteiger partial charge in [-0.15, -0.1) is 0 Å². The minimum absolute atomic E-state index is 0.0379. The Labute approximate surface area is 163 Å². The molecule has 0 saturated carbocycles. The number of nitrogens with zero attached hydrogens (tertiary/aromatic N) is 3. The van der Waals surface area contributed by atoms with Crippen molar-refractivity contribution in [3.05, 3.63) is 65.5 Å². The first-order valence-electron chi connectivity index (χ1n) is 8.61. The Balaban J connectivity index is 1.80. The summed E-state index contributed by atoms with van der Waals surface area (Å²) in [6.45, 7) is 1.73.